The van der Waals surface area contributed by atoms with Gasteiger partial charge in [0.25, 0.3) is 11.8 Å². The van der Waals surface area contributed by atoms with Crippen molar-refractivity contribution in [2.45, 2.75) is 32.1 Å². The smallest absolute Gasteiger partial charge is 0.265 e. The number of thiocarbonyl (C=S) groups is 1. The van der Waals surface area contributed by atoms with Crippen molar-refractivity contribution in [3.05, 3.63) is 28.7 Å². The number of benzene rings is 1. The molecule has 1 aromatic carbocycles. The van der Waals surface area contributed by atoms with Crippen LogP contribution in [0.15, 0.2) is 23.1 Å². The van der Waals surface area contributed by atoms with E-state index in [0.29, 0.717) is 15.1 Å². The van der Waals surface area contributed by atoms with Crippen molar-refractivity contribution >= 4 is 51.9 Å². The summed E-state index contributed by atoms with van der Waals surface area (Å²) in [5, 5.41) is 2.62. The number of thioether (sulfide) groups is 1. The molecule has 3 aliphatic rings. The second kappa shape index (κ2) is 7.40. The van der Waals surface area contributed by atoms with E-state index in [1.807, 2.05) is 23.1 Å². The van der Waals surface area contributed by atoms with E-state index in [1.54, 1.807) is 6.08 Å². The van der Waals surface area contributed by atoms with Gasteiger partial charge in [-0.05, 0) is 42.5 Å². The molecule has 7 heteroatoms. The van der Waals surface area contributed by atoms with Crippen LogP contribution in [0.3, 0.4) is 0 Å². The molecule has 1 aliphatic carbocycles. The Kier molecular flexibility index (Phi) is 5.00. The third kappa shape index (κ3) is 3.64. The summed E-state index contributed by atoms with van der Waals surface area (Å²) in [6.45, 7) is 0.835. The highest BCUT2D eigenvalue weighted by atomic mass is 32.2. The van der Waals surface area contributed by atoms with E-state index in [2.05, 4.69) is 5.32 Å². The topological polar surface area (TPSA) is 58.6 Å². The fourth-order valence-electron chi connectivity index (χ4n) is 3.71. The van der Waals surface area contributed by atoms with E-state index < -0.39 is 0 Å². The highest BCUT2D eigenvalue weighted by Crippen LogP contribution is 2.36. The lowest BCUT2D eigenvalue weighted by molar-refractivity contribution is -0.121. The monoisotopic (exact) mass is 388 g/mol. The summed E-state index contributed by atoms with van der Waals surface area (Å²) in [5.41, 5.74) is 1.66. The molecule has 2 aliphatic heterocycles. The molecule has 2 fully saturated rings. The number of hydrogen-bond donors (Lipinski definition) is 1. The Bertz CT molecular complexity index is 800. The molecule has 1 aromatic rings. The quantitative estimate of drug-likeness (QED) is 0.635. The summed E-state index contributed by atoms with van der Waals surface area (Å²) in [6.07, 6.45) is 7.94. The van der Waals surface area contributed by atoms with E-state index in [-0.39, 0.29) is 18.4 Å². The summed E-state index contributed by atoms with van der Waals surface area (Å²) in [5.74, 6) is 1.10. The standard InChI is InChI=1S/C19H20N2O3S2/c22-17-11-24-15-7-6-13(9-16-18(23)20-19(25)26-16)8-14(15)21(17)10-12-4-2-1-3-5-12/h6-9,12H,1-5,10-11H2,(H,20,23,25). The molecule has 0 atom stereocenters. The number of fused-ring (bicyclic) bond motifs is 1. The van der Waals surface area contributed by atoms with Gasteiger partial charge in [-0.3, -0.25) is 9.59 Å². The number of nitrogens with zero attached hydrogens (tertiary/aromatic N) is 1. The molecule has 2 amide bonds. The second-order valence-electron chi connectivity index (χ2n) is 6.88. The minimum absolute atomic E-state index is 0.00189. The van der Waals surface area contributed by atoms with Crippen molar-refractivity contribution in [2.75, 3.05) is 18.1 Å². The Morgan fingerprint density at radius 1 is 1.27 bits per heavy atom. The van der Waals surface area contributed by atoms with Gasteiger partial charge in [0.2, 0.25) is 0 Å². The molecule has 5 nitrogen and oxygen atoms in total. The lowest BCUT2D eigenvalue weighted by atomic mass is 9.88. The number of nitrogens with one attached hydrogen (secondary N) is 1. The number of rotatable bonds is 3. The molecule has 1 saturated heterocycles. The molecule has 0 spiro atoms. The molecule has 1 N–H and O–H groups in total. The summed E-state index contributed by atoms with van der Waals surface area (Å²) >= 11 is 6.29. The van der Waals surface area contributed by atoms with Gasteiger partial charge >= 0.3 is 0 Å². The van der Waals surface area contributed by atoms with Gasteiger partial charge in [0, 0.05) is 6.54 Å². The van der Waals surface area contributed by atoms with Crippen LogP contribution < -0.4 is 15.0 Å². The van der Waals surface area contributed by atoms with Gasteiger partial charge < -0.3 is 15.0 Å². The fourth-order valence-corrected chi connectivity index (χ4v) is 4.75. The highest BCUT2D eigenvalue weighted by Gasteiger charge is 2.29. The molecule has 4 rings (SSSR count). The van der Waals surface area contributed by atoms with Gasteiger partial charge in [0.15, 0.2) is 6.61 Å². The summed E-state index contributed by atoms with van der Waals surface area (Å²) in [7, 11) is 0. The highest BCUT2D eigenvalue weighted by molar-refractivity contribution is 8.26. The van der Waals surface area contributed by atoms with Crippen molar-refractivity contribution in [2.24, 2.45) is 5.92 Å². The van der Waals surface area contributed by atoms with Crippen LogP contribution in [0, 0.1) is 5.92 Å². The Labute approximate surface area is 162 Å². The molecule has 0 unspecified atom stereocenters. The van der Waals surface area contributed by atoms with Crippen LogP contribution in [0.5, 0.6) is 5.75 Å². The normalized spacial score (nSPS) is 22.4. The molecular weight excluding hydrogens is 368 g/mol. The maximum Gasteiger partial charge on any atom is 0.265 e. The third-order valence-electron chi connectivity index (χ3n) is 5.03. The van der Waals surface area contributed by atoms with Gasteiger partial charge in [-0.25, -0.2) is 0 Å². The van der Waals surface area contributed by atoms with Crippen LogP contribution in [0.2, 0.25) is 0 Å². The predicted octanol–water partition coefficient (Wildman–Crippen LogP) is 3.48. The number of carbonyl (C=O) groups is 2. The van der Waals surface area contributed by atoms with Gasteiger partial charge in [0.05, 0.1) is 10.6 Å². The average Bonchev–Trinajstić information content (AvgIpc) is 2.95. The maximum atomic E-state index is 12.5. The van der Waals surface area contributed by atoms with Gasteiger partial charge in [-0.2, -0.15) is 0 Å². The lowest BCUT2D eigenvalue weighted by Gasteiger charge is -2.33. The fraction of sp³-hybridized carbons (Fsp3) is 0.421. The van der Waals surface area contributed by atoms with Gasteiger partial charge in [0.1, 0.15) is 10.1 Å². The Morgan fingerprint density at radius 2 is 2.08 bits per heavy atom. The van der Waals surface area contributed by atoms with Crippen molar-refractivity contribution < 1.29 is 14.3 Å². The first kappa shape index (κ1) is 17.5. The van der Waals surface area contributed by atoms with Crippen LogP contribution in [-0.2, 0) is 9.59 Å². The van der Waals surface area contributed by atoms with E-state index >= 15 is 0 Å². The van der Waals surface area contributed by atoms with Crippen LogP contribution in [-0.4, -0.2) is 29.3 Å². The van der Waals surface area contributed by atoms with Crippen molar-refractivity contribution in [1.29, 1.82) is 0 Å². The van der Waals surface area contributed by atoms with Crippen molar-refractivity contribution in [3.8, 4) is 5.75 Å². The molecule has 0 bridgehead atoms. The Morgan fingerprint density at radius 3 is 2.81 bits per heavy atom. The van der Waals surface area contributed by atoms with Crippen molar-refractivity contribution in [3.63, 3.8) is 0 Å². The number of carbonyl (C=O) groups excluding carboxylic acids is 2. The summed E-state index contributed by atoms with van der Waals surface area (Å²) in [6, 6.07) is 5.70. The number of amides is 2. The molecular formula is C19H20N2O3S2. The molecule has 136 valence electrons. The van der Waals surface area contributed by atoms with Gasteiger partial charge in [-0.15, -0.1) is 0 Å². The number of hydrogen-bond acceptors (Lipinski definition) is 5. The van der Waals surface area contributed by atoms with E-state index in [9.17, 15) is 9.59 Å². The van der Waals surface area contributed by atoms with E-state index in [0.717, 1.165) is 23.5 Å². The Hall–Kier alpha value is -1.86. The predicted molar refractivity (Wildman–Crippen MR) is 107 cm³/mol. The minimum Gasteiger partial charge on any atom is -0.482 e. The lowest BCUT2D eigenvalue weighted by Crippen LogP contribution is -2.42. The maximum absolute atomic E-state index is 12.5. The first-order valence-electron chi connectivity index (χ1n) is 8.92. The summed E-state index contributed by atoms with van der Waals surface area (Å²) < 4.78 is 6.07. The zero-order valence-electron chi connectivity index (χ0n) is 14.3. The van der Waals surface area contributed by atoms with E-state index in [1.165, 1.54) is 43.9 Å². The first-order valence-corrected chi connectivity index (χ1v) is 10.1. The van der Waals surface area contributed by atoms with Crippen LogP contribution in [0.1, 0.15) is 37.7 Å². The zero-order valence-corrected chi connectivity index (χ0v) is 16.0. The Balaban J connectivity index is 1.61. The van der Waals surface area contributed by atoms with Gasteiger partial charge in [-0.1, -0.05) is 49.3 Å². The average molecular weight is 389 g/mol. The van der Waals surface area contributed by atoms with E-state index in [4.69, 9.17) is 17.0 Å². The van der Waals surface area contributed by atoms with Crippen molar-refractivity contribution in [1.82, 2.24) is 5.32 Å². The number of ether oxygens (including phenoxy) is 1. The van der Waals surface area contributed by atoms with Crippen LogP contribution in [0.25, 0.3) is 6.08 Å². The molecule has 1 saturated carbocycles. The van der Waals surface area contributed by atoms with Crippen LogP contribution in [0.4, 0.5) is 5.69 Å². The largest absolute Gasteiger partial charge is 0.482 e. The second-order valence-corrected chi connectivity index (χ2v) is 8.60. The molecule has 0 radical (unpaired) electrons. The zero-order chi connectivity index (χ0) is 18.1. The minimum atomic E-state index is -0.177. The first-order chi connectivity index (χ1) is 12.6. The third-order valence-corrected chi connectivity index (χ3v) is 6.19. The van der Waals surface area contributed by atoms with Crippen LogP contribution >= 0.6 is 24.0 Å². The molecule has 0 aromatic heterocycles. The SMILES string of the molecule is O=C1NC(=S)SC1=Cc1ccc2c(c1)N(CC1CCCCC1)C(=O)CO2. The summed E-state index contributed by atoms with van der Waals surface area (Å²) in [4.78, 5) is 26.8. The molecule has 2 heterocycles. The molecule has 26 heavy (non-hydrogen) atoms. The number of anilines is 1.